The number of pyridine rings is 2. The van der Waals surface area contributed by atoms with Crippen LogP contribution in [0.4, 0.5) is 5.69 Å². The highest BCUT2D eigenvalue weighted by Crippen LogP contribution is 2.32. The second kappa shape index (κ2) is 10.6. The van der Waals surface area contributed by atoms with Gasteiger partial charge in [-0.1, -0.05) is 78.9 Å². The lowest BCUT2D eigenvalue weighted by molar-refractivity contribution is 0.102. The van der Waals surface area contributed by atoms with Crippen molar-refractivity contribution in [1.29, 1.82) is 0 Å². The molecule has 4 aromatic carbocycles. The molecule has 1 amide bonds. The predicted octanol–water partition coefficient (Wildman–Crippen LogP) is 7.89. The maximum Gasteiger partial charge on any atom is 0.256 e. The van der Waals surface area contributed by atoms with Crippen LogP contribution in [0.1, 0.15) is 10.4 Å². The van der Waals surface area contributed by atoms with Crippen molar-refractivity contribution in [1.82, 2.24) is 9.97 Å². The number of nitrogens with zero attached hydrogens (tertiary/aromatic N) is 2. The molecule has 5 heteroatoms. The van der Waals surface area contributed by atoms with E-state index >= 15 is 0 Å². The summed E-state index contributed by atoms with van der Waals surface area (Å²) in [4.78, 5) is 23.3. The topological polar surface area (TPSA) is 64.1 Å². The molecular formula is C34H25N3O2. The zero-order chi connectivity index (χ0) is 26.6. The first-order valence-electron chi connectivity index (χ1n) is 12.7. The Balaban J connectivity index is 1.41. The first-order valence-corrected chi connectivity index (χ1v) is 12.7. The highest BCUT2D eigenvalue weighted by molar-refractivity contribution is 6.14. The van der Waals surface area contributed by atoms with Gasteiger partial charge >= 0.3 is 0 Å². The van der Waals surface area contributed by atoms with Gasteiger partial charge in [-0.25, -0.2) is 4.98 Å². The van der Waals surface area contributed by atoms with Gasteiger partial charge in [0.1, 0.15) is 5.75 Å². The third kappa shape index (κ3) is 4.98. The molecule has 5 nitrogen and oxygen atoms in total. The molecule has 188 valence electrons. The fraction of sp³-hybridized carbons (Fsp3) is 0.0294. The Kier molecular flexibility index (Phi) is 6.54. The molecule has 6 rings (SSSR count). The Morgan fingerprint density at radius 1 is 0.692 bits per heavy atom. The average molecular weight is 508 g/mol. The van der Waals surface area contributed by atoms with Crippen LogP contribution >= 0.6 is 0 Å². The average Bonchev–Trinajstić information content (AvgIpc) is 3.01. The monoisotopic (exact) mass is 507 g/mol. The summed E-state index contributed by atoms with van der Waals surface area (Å²) in [6.07, 6.45) is 1.80. The van der Waals surface area contributed by atoms with Crippen molar-refractivity contribution in [2.45, 2.75) is 0 Å². The first-order chi connectivity index (χ1) is 19.2. The highest BCUT2D eigenvalue weighted by Gasteiger charge is 2.17. The van der Waals surface area contributed by atoms with E-state index in [-0.39, 0.29) is 5.91 Å². The largest absolute Gasteiger partial charge is 0.497 e. The molecule has 0 aliphatic carbocycles. The minimum absolute atomic E-state index is 0.226. The molecule has 6 aromatic rings. The van der Waals surface area contributed by atoms with E-state index in [0.717, 1.165) is 33.3 Å². The zero-order valence-corrected chi connectivity index (χ0v) is 21.3. The standard InChI is InChI=1S/C34H25N3O2/c1-39-26-16-17-27-29(22-31(36-33(27)21-26)24-12-6-3-7-13-24)34(38)37-30-15-9-8-14-28(30)32-20-25(18-19-35-32)23-10-4-2-5-11-23/h2-22H,1H3,(H,37,38). The molecule has 0 saturated carbocycles. The molecular weight excluding hydrogens is 482 g/mol. The second-order valence-corrected chi connectivity index (χ2v) is 9.10. The summed E-state index contributed by atoms with van der Waals surface area (Å²) in [5, 5.41) is 3.89. The SMILES string of the molecule is COc1ccc2c(C(=O)Nc3ccccc3-c3cc(-c4ccccc4)ccn3)cc(-c3ccccc3)nc2c1. The normalized spacial score (nSPS) is 10.8. The number of carbonyl (C=O) groups is 1. The van der Waals surface area contributed by atoms with E-state index in [1.165, 1.54) is 0 Å². The number of rotatable bonds is 6. The minimum Gasteiger partial charge on any atom is -0.497 e. The molecule has 39 heavy (non-hydrogen) atoms. The quantitative estimate of drug-likeness (QED) is 0.249. The minimum atomic E-state index is -0.226. The predicted molar refractivity (Wildman–Crippen MR) is 157 cm³/mol. The highest BCUT2D eigenvalue weighted by atomic mass is 16.5. The van der Waals surface area contributed by atoms with E-state index in [4.69, 9.17) is 9.72 Å². The van der Waals surface area contributed by atoms with Crippen LogP contribution in [0.5, 0.6) is 5.75 Å². The van der Waals surface area contributed by atoms with E-state index in [1.807, 2.05) is 109 Å². The lowest BCUT2D eigenvalue weighted by Gasteiger charge is -2.14. The van der Waals surface area contributed by atoms with Crippen LogP contribution < -0.4 is 10.1 Å². The van der Waals surface area contributed by atoms with Gasteiger partial charge in [0.2, 0.25) is 0 Å². The van der Waals surface area contributed by atoms with Gasteiger partial charge in [0, 0.05) is 28.8 Å². The molecule has 0 aliphatic heterocycles. The summed E-state index contributed by atoms with van der Waals surface area (Å²) in [7, 11) is 1.62. The summed E-state index contributed by atoms with van der Waals surface area (Å²) < 4.78 is 5.42. The van der Waals surface area contributed by atoms with Crippen molar-refractivity contribution in [3.63, 3.8) is 0 Å². The summed E-state index contributed by atoms with van der Waals surface area (Å²) in [6, 6.07) is 39.2. The summed E-state index contributed by atoms with van der Waals surface area (Å²) >= 11 is 0. The number of hydrogen-bond acceptors (Lipinski definition) is 4. The van der Waals surface area contributed by atoms with Gasteiger partial charge in [-0.2, -0.15) is 0 Å². The van der Waals surface area contributed by atoms with Crippen LogP contribution in [0.25, 0.3) is 44.5 Å². The first kappa shape index (κ1) is 24.1. The van der Waals surface area contributed by atoms with Crippen molar-refractivity contribution in [2.24, 2.45) is 0 Å². The van der Waals surface area contributed by atoms with Crippen LogP contribution in [-0.2, 0) is 0 Å². The number of methoxy groups -OCH3 is 1. The Morgan fingerprint density at radius 3 is 2.18 bits per heavy atom. The molecule has 0 atom stereocenters. The molecule has 0 bridgehead atoms. The van der Waals surface area contributed by atoms with E-state index in [0.29, 0.717) is 28.2 Å². The molecule has 1 N–H and O–H groups in total. The van der Waals surface area contributed by atoms with Gasteiger partial charge in [0.05, 0.1) is 35.3 Å². The van der Waals surface area contributed by atoms with Crippen LogP contribution in [0, 0.1) is 0 Å². The van der Waals surface area contributed by atoms with Crippen molar-refractivity contribution in [2.75, 3.05) is 12.4 Å². The number of anilines is 1. The molecule has 2 aromatic heterocycles. The number of benzene rings is 4. The fourth-order valence-electron chi connectivity index (χ4n) is 4.67. The lowest BCUT2D eigenvalue weighted by Crippen LogP contribution is -2.14. The third-order valence-electron chi connectivity index (χ3n) is 6.65. The van der Waals surface area contributed by atoms with Crippen molar-refractivity contribution < 1.29 is 9.53 Å². The van der Waals surface area contributed by atoms with Gasteiger partial charge in [0.25, 0.3) is 5.91 Å². The van der Waals surface area contributed by atoms with Crippen LogP contribution in [0.15, 0.2) is 128 Å². The lowest BCUT2D eigenvalue weighted by atomic mass is 10.0. The molecule has 0 fully saturated rings. The Bertz CT molecular complexity index is 1780. The fourth-order valence-corrected chi connectivity index (χ4v) is 4.67. The molecule has 0 spiro atoms. The van der Waals surface area contributed by atoms with Gasteiger partial charge < -0.3 is 10.1 Å². The smallest absolute Gasteiger partial charge is 0.256 e. The van der Waals surface area contributed by atoms with Crippen LogP contribution in [0.2, 0.25) is 0 Å². The van der Waals surface area contributed by atoms with Gasteiger partial charge in [-0.3, -0.25) is 9.78 Å². The summed E-state index contributed by atoms with van der Waals surface area (Å²) in [5.41, 5.74) is 7.32. The number of nitrogens with one attached hydrogen (secondary N) is 1. The molecule has 0 saturated heterocycles. The molecule has 0 aliphatic rings. The van der Waals surface area contributed by atoms with Gasteiger partial charge in [-0.05, 0) is 47.5 Å². The molecule has 2 heterocycles. The van der Waals surface area contributed by atoms with E-state index < -0.39 is 0 Å². The van der Waals surface area contributed by atoms with Crippen molar-refractivity contribution in [3.8, 4) is 39.4 Å². The summed E-state index contributed by atoms with van der Waals surface area (Å²) in [5.74, 6) is 0.456. The molecule has 0 unspecified atom stereocenters. The second-order valence-electron chi connectivity index (χ2n) is 9.10. The molecule has 0 radical (unpaired) electrons. The van der Waals surface area contributed by atoms with E-state index in [1.54, 1.807) is 13.3 Å². The maximum absolute atomic E-state index is 13.8. The number of aromatic nitrogens is 2. The number of ether oxygens (including phenoxy) is 1. The van der Waals surface area contributed by atoms with Crippen molar-refractivity contribution >= 4 is 22.5 Å². The zero-order valence-electron chi connectivity index (χ0n) is 21.3. The number of hydrogen-bond donors (Lipinski definition) is 1. The number of para-hydroxylation sites is 1. The maximum atomic E-state index is 13.8. The Morgan fingerprint density at radius 2 is 1.41 bits per heavy atom. The van der Waals surface area contributed by atoms with E-state index in [2.05, 4.69) is 22.4 Å². The van der Waals surface area contributed by atoms with Crippen molar-refractivity contribution in [3.05, 3.63) is 133 Å². The van der Waals surface area contributed by atoms with Gasteiger partial charge in [-0.15, -0.1) is 0 Å². The summed E-state index contributed by atoms with van der Waals surface area (Å²) in [6.45, 7) is 0. The van der Waals surface area contributed by atoms with Gasteiger partial charge in [0.15, 0.2) is 0 Å². The van der Waals surface area contributed by atoms with Crippen LogP contribution in [-0.4, -0.2) is 23.0 Å². The third-order valence-corrected chi connectivity index (χ3v) is 6.65. The van der Waals surface area contributed by atoms with E-state index in [9.17, 15) is 4.79 Å². The Hall–Kier alpha value is -5.29. The number of fused-ring (bicyclic) bond motifs is 1. The van der Waals surface area contributed by atoms with Crippen LogP contribution in [0.3, 0.4) is 0 Å². The Labute approximate surface area is 226 Å². The number of carbonyl (C=O) groups excluding carboxylic acids is 1. The number of amides is 1.